The van der Waals surface area contributed by atoms with Gasteiger partial charge in [-0.2, -0.15) is 0 Å². The molecule has 0 radical (unpaired) electrons. The molecule has 2 rings (SSSR count). The minimum Gasteiger partial charge on any atom is -0.480 e. The Morgan fingerprint density at radius 1 is 1.30 bits per heavy atom. The molecule has 0 saturated heterocycles. The van der Waals surface area contributed by atoms with Gasteiger partial charge in [0.1, 0.15) is 12.6 Å². The number of rotatable bonds is 6. The van der Waals surface area contributed by atoms with Crippen molar-refractivity contribution in [3.05, 3.63) is 35.9 Å². The van der Waals surface area contributed by atoms with Gasteiger partial charge in [-0.15, -0.1) is 0 Å². The average molecular weight is 321 g/mol. The third-order valence-corrected chi connectivity index (χ3v) is 4.22. The number of hydrogen-bond donors (Lipinski definition) is 2. The van der Waals surface area contributed by atoms with Crippen LogP contribution in [-0.4, -0.2) is 36.4 Å². The number of aliphatic carboxylic acids is 1. The number of alkyl carbamates (subject to hydrolysis) is 1. The molecule has 1 fully saturated rings. The van der Waals surface area contributed by atoms with Crippen molar-refractivity contribution in [2.24, 2.45) is 5.92 Å². The SMILES string of the molecule is COC1CCCC(C(NC(=O)OCc2ccccc2)C(=O)O)C1. The van der Waals surface area contributed by atoms with Crippen LogP contribution >= 0.6 is 0 Å². The Morgan fingerprint density at radius 3 is 2.70 bits per heavy atom. The van der Waals surface area contributed by atoms with Gasteiger partial charge in [-0.05, 0) is 30.7 Å². The number of carboxylic acids is 1. The van der Waals surface area contributed by atoms with E-state index in [-0.39, 0.29) is 18.6 Å². The standard InChI is InChI=1S/C17H23NO5/c1-22-14-9-5-8-13(10-14)15(16(19)20)18-17(21)23-11-12-6-3-2-4-7-12/h2-4,6-7,13-15H,5,8-11H2,1H3,(H,18,21)(H,19,20). The van der Waals surface area contributed by atoms with Crippen LogP contribution in [0.3, 0.4) is 0 Å². The van der Waals surface area contributed by atoms with Gasteiger partial charge in [-0.1, -0.05) is 36.8 Å². The molecule has 1 aromatic rings. The zero-order chi connectivity index (χ0) is 16.7. The molecule has 6 heteroatoms. The smallest absolute Gasteiger partial charge is 0.408 e. The Bertz CT molecular complexity index is 519. The van der Waals surface area contributed by atoms with Crippen molar-refractivity contribution in [3.63, 3.8) is 0 Å². The van der Waals surface area contributed by atoms with Crippen LogP contribution in [0.15, 0.2) is 30.3 Å². The first-order chi connectivity index (χ1) is 11.1. The predicted molar refractivity (Wildman–Crippen MR) is 83.9 cm³/mol. The highest BCUT2D eigenvalue weighted by molar-refractivity contribution is 5.80. The molecule has 126 valence electrons. The molecule has 1 aliphatic carbocycles. The van der Waals surface area contributed by atoms with Gasteiger partial charge in [0.15, 0.2) is 0 Å². The largest absolute Gasteiger partial charge is 0.480 e. The van der Waals surface area contributed by atoms with E-state index in [9.17, 15) is 14.7 Å². The van der Waals surface area contributed by atoms with Gasteiger partial charge in [-0.25, -0.2) is 9.59 Å². The number of benzene rings is 1. The van der Waals surface area contributed by atoms with E-state index in [1.54, 1.807) is 7.11 Å². The van der Waals surface area contributed by atoms with Gasteiger partial charge in [0.2, 0.25) is 0 Å². The molecule has 1 saturated carbocycles. The molecule has 1 aromatic carbocycles. The van der Waals surface area contributed by atoms with Crippen molar-refractivity contribution in [1.29, 1.82) is 0 Å². The van der Waals surface area contributed by atoms with E-state index < -0.39 is 18.1 Å². The lowest BCUT2D eigenvalue weighted by Gasteiger charge is -2.32. The van der Waals surface area contributed by atoms with Crippen molar-refractivity contribution in [2.45, 2.75) is 44.4 Å². The second-order valence-electron chi connectivity index (χ2n) is 5.81. The van der Waals surface area contributed by atoms with Gasteiger partial charge in [0, 0.05) is 7.11 Å². The number of nitrogens with one attached hydrogen (secondary N) is 1. The fourth-order valence-corrected chi connectivity index (χ4v) is 2.97. The maximum atomic E-state index is 11.9. The summed E-state index contributed by atoms with van der Waals surface area (Å²) in [5, 5.41) is 11.9. The summed E-state index contributed by atoms with van der Waals surface area (Å²) in [6, 6.07) is 8.31. The number of amides is 1. The summed E-state index contributed by atoms with van der Waals surface area (Å²) in [4.78, 5) is 23.4. The molecule has 2 N–H and O–H groups in total. The highest BCUT2D eigenvalue weighted by Gasteiger charge is 2.34. The summed E-state index contributed by atoms with van der Waals surface area (Å²) in [7, 11) is 1.63. The lowest BCUT2D eigenvalue weighted by Crippen LogP contribution is -2.48. The van der Waals surface area contributed by atoms with E-state index >= 15 is 0 Å². The lowest BCUT2D eigenvalue weighted by molar-refractivity contribution is -0.141. The summed E-state index contributed by atoms with van der Waals surface area (Å²) in [5.41, 5.74) is 0.853. The van der Waals surface area contributed by atoms with Crippen molar-refractivity contribution in [2.75, 3.05) is 7.11 Å². The molecule has 0 aromatic heterocycles. The van der Waals surface area contributed by atoms with Crippen LogP contribution < -0.4 is 5.32 Å². The fraction of sp³-hybridized carbons (Fsp3) is 0.529. The minimum absolute atomic E-state index is 0.0535. The molecule has 3 atom stereocenters. The number of carbonyl (C=O) groups excluding carboxylic acids is 1. The van der Waals surface area contributed by atoms with E-state index in [0.717, 1.165) is 24.8 Å². The zero-order valence-corrected chi connectivity index (χ0v) is 13.2. The number of methoxy groups -OCH3 is 1. The number of carbonyl (C=O) groups is 2. The highest BCUT2D eigenvalue weighted by Crippen LogP contribution is 2.28. The maximum Gasteiger partial charge on any atom is 0.408 e. The monoisotopic (exact) mass is 321 g/mol. The van der Waals surface area contributed by atoms with Crippen molar-refractivity contribution in [3.8, 4) is 0 Å². The van der Waals surface area contributed by atoms with Crippen LogP contribution in [0.4, 0.5) is 4.79 Å². The Kier molecular flexibility index (Phi) is 6.40. The Labute approximate surface area is 135 Å². The third-order valence-electron chi connectivity index (χ3n) is 4.22. The van der Waals surface area contributed by atoms with E-state index in [0.29, 0.717) is 6.42 Å². The Morgan fingerprint density at radius 2 is 2.04 bits per heavy atom. The van der Waals surface area contributed by atoms with Gasteiger partial charge in [-0.3, -0.25) is 0 Å². The van der Waals surface area contributed by atoms with Crippen LogP contribution in [0.1, 0.15) is 31.2 Å². The summed E-state index contributed by atoms with van der Waals surface area (Å²) in [6.45, 7) is 0.115. The lowest BCUT2D eigenvalue weighted by atomic mass is 9.82. The van der Waals surface area contributed by atoms with Crippen LogP contribution in [-0.2, 0) is 20.9 Å². The molecule has 6 nitrogen and oxygen atoms in total. The second kappa shape index (κ2) is 8.53. The minimum atomic E-state index is -1.04. The highest BCUT2D eigenvalue weighted by atomic mass is 16.5. The van der Waals surface area contributed by atoms with Gasteiger partial charge < -0.3 is 19.9 Å². The van der Waals surface area contributed by atoms with Gasteiger partial charge in [0.05, 0.1) is 6.10 Å². The molecule has 3 unspecified atom stereocenters. The first-order valence-electron chi connectivity index (χ1n) is 7.83. The summed E-state index contributed by atoms with van der Waals surface area (Å²) in [5.74, 6) is -1.18. The molecule has 0 spiro atoms. The van der Waals surface area contributed by atoms with Gasteiger partial charge >= 0.3 is 12.1 Å². The van der Waals surface area contributed by atoms with E-state index in [1.807, 2.05) is 30.3 Å². The van der Waals surface area contributed by atoms with Crippen LogP contribution in [0.25, 0.3) is 0 Å². The maximum absolute atomic E-state index is 11.9. The number of carboxylic acid groups (broad SMARTS) is 1. The van der Waals surface area contributed by atoms with E-state index in [4.69, 9.17) is 9.47 Å². The second-order valence-corrected chi connectivity index (χ2v) is 5.81. The van der Waals surface area contributed by atoms with E-state index in [2.05, 4.69) is 5.32 Å². The average Bonchev–Trinajstić information content (AvgIpc) is 2.58. The first-order valence-corrected chi connectivity index (χ1v) is 7.83. The van der Waals surface area contributed by atoms with Crippen LogP contribution in [0, 0.1) is 5.92 Å². The quantitative estimate of drug-likeness (QED) is 0.841. The van der Waals surface area contributed by atoms with Crippen LogP contribution in [0.2, 0.25) is 0 Å². The van der Waals surface area contributed by atoms with Crippen LogP contribution in [0.5, 0.6) is 0 Å². The van der Waals surface area contributed by atoms with Crippen molar-refractivity contribution >= 4 is 12.1 Å². The summed E-state index contributed by atoms with van der Waals surface area (Å²) in [6.07, 6.45) is 2.56. The topological polar surface area (TPSA) is 84.9 Å². The molecule has 1 amide bonds. The first kappa shape index (κ1) is 17.3. The number of ether oxygens (including phenoxy) is 2. The Hall–Kier alpha value is -2.08. The molecular weight excluding hydrogens is 298 g/mol. The normalized spacial score (nSPS) is 22.1. The summed E-state index contributed by atoms with van der Waals surface area (Å²) < 4.78 is 10.4. The molecular formula is C17H23NO5. The summed E-state index contributed by atoms with van der Waals surface area (Å²) >= 11 is 0. The predicted octanol–water partition coefficient (Wildman–Crippen LogP) is 2.57. The molecule has 1 aliphatic rings. The third kappa shape index (κ3) is 5.25. The van der Waals surface area contributed by atoms with E-state index in [1.165, 1.54) is 0 Å². The molecule has 23 heavy (non-hydrogen) atoms. The molecule has 0 aliphatic heterocycles. The fourth-order valence-electron chi connectivity index (χ4n) is 2.97. The molecule has 0 bridgehead atoms. The molecule has 0 heterocycles. The Balaban J connectivity index is 1.88. The zero-order valence-electron chi connectivity index (χ0n) is 13.2. The number of hydrogen-bond acceptors (Lipinski definition) is 4. The van der Waals surface area contributed by atoms with Crippen molar-refractivity contribution < 1.29 is 24.2 Å². The van der Waals surface area contributed by atoms with Gasteiger partial charge in [0.25, 0.3) is 0 Å². The van der Waals surface area contributed by atoms with Crippen molar-refractivity contribution in [1.82, 2.24) is 5.32 Å².